The Morgan fingerprint density at radius 2 is 0.885 bits per heavy atom. The lowest BCUT2D eigenvalue weighted by atomic mass is 9.89. The van der Waals surface area contributed by atoms with E-state index in [1.807, 2.05) is 0 Å². The Balaban J connectivity index is 1.48. The van der Waals surface area contributed by atoms with Crippen molar-refractivity contribution < 1.29 is 0 Å². The molecule has 0 saturated heterocycles. The number of hydrogen-bond donors (Lipinski definition) is 2. The second-order valence-corrected chi connectivity index (χ2v) is 13.7. The lowest BCUT2D eigenvalue weighted by Gasteiger charge is -2.13. The Bertz CT molecular complexity index is 2560. The van der Waals surface area contributed by atoms with Crippen LogP contribution in [0.1, 0.15) is 54.9 Å². The summed E-state index contributed by atoms with van der Waals surface area (Å²) in [4.78, 5) is 18.9. The number of aromatic nitrogens is 4. The van der Waals surface area contributed by atoms with Crippen LogP contribution < -0.4 is 0 Å². The molecule has 2 N–H and O–H groups in total. The first-order chi connectivity index (χ1) is 25.7. The summed E-state index contributed by atoms with van der Waals surface area (Å²) in [6.45, 7) is 2.28. The van der Waals surface area contributed by atoms with Gasteiger partial charge in [-0.1, -0.05) is 141 Å². The highest BCUT2D eigenvalue weighted by Crippen LogP contribution is 2.42. The van der Waals surface area contributed by atoms with E-state index in [9.17, 15) is 0 Å². The van der Waals surface area contributed by atoms with Crippen LogP contribution in [0.3, 0.4) is 0 Å². The number of unbranched alkanes of at least 4 members (excludes halogenated alkanes) is 1. The quantitative estimate of drug-likeness (QED) is 0.177. The summed E-state index contributed by atoms with van der Waals surface area (Å²) in [5, 5.41) is 0. The van der Waals surface area contributed by atoms with Crippen LogP contribution in [0.4, 0.5) is 0 Å². The van der Waals surface area contributed by atoms with Crippen molar-refractivity contribution in [1.82, 2.24) is 19.9 Å². The van der Waals surface area contributed by atoms with Gasteiger partial charge in [0, 0.05) is 50.2 Å². The largest absolute Gasteiger partial charge is 0.354 e. The van der Waals surface area contributed by atoms with Crippen LogP contribution >= 0.6 is 0 Å². The van der Waals surface area contributed by atoms with Crippen molar-refractivity contribution in [1.29, 1.82) is 0 Å². The van der Waals surface area contributed by atoms with Crippen molar-refractivity contribution >= 4 is 34.2 Å². The van der Waals surface area contributed by atoms with Gasteiger partial charge in [0.25, 0.3) is 0 Å². The SMILES string of the molecule is CCCCC1Cc2nc1c(-c1ccccc1)c1ccc([nH]1)c(-c1ccccc1)c1nc(c(-c3ccccc3)c3ccc([nH]3)c2-c2ccccc2)C=C1. The fourth-order valence-electron chi connectivity index (χ4n) is 7.95. The van der Waals surface area contributed by atoms with Gasteiger partial charge in [-0.15, -0.1) is 0 Å². The third-order valence-corrected chi connectivity index (χ3v) is 10.4. The van der Waals surface area contributed by atoms with Crippen LogP contribution in [-0.2, 0) is 6.42 Å². The number of nitrogens with one attached hydrogen (secondary N) is 2. The number of benzene rings is 4. The minimum atomic E-state index is 0.281. The molecule has 252 valence electrons. The zero-order valence-corrected chi connectivity index (χ0v) is 29.3. The second-order valence-electron chi connectivity index (χ2n) is 13.7. The zero-order valence-electron chi connectivity index (χ0n) is 29.3. The van der Waals surface area contributed by atoms with Gasteiger partial charge in [0.1, 0.15) is 0 Å². The van der Waals surface area contributed by atoms with Crippen LogP contribution in [0.15, 0.2) is 146 Å². The monoisotopic (exact) mass is 672 g/mol. The van der Waals surface area contributed by atoms with E-state index in [0.717, 1.165) is 109 Å². The van der Waals surface area contributed by atoms with Crippen molar-refractivity contribution in [3.63, 3.8) is 0 Å². The van der Waals surface area contributed by atoms with Crippen molar-refractivity contribution in [3.8, 4) is 44.5 Å². The van der Waals surface area contributed by atoms with Gasteiger partial charge in [0.15, 0.2) is 0 Å². The van der Waals surface area contributed by atoms with Gasteiger partial charge in [-0.3, -0.25) is 4.98 Å². The molecule has 5 heterocycles. The minimum absolute atomic E-state index is 0.281. The van der Waals surface area contributed by atoms with Gasteiger partial charge in [-0.25, -0.2) is 4.98 Å². The normalized spacial score (nSPS) is 13.8. The summed E-state index contributed by atoms with van der Waals surface area (Å²) < 4.78 is 0. The van der Waals surface area contributed by atoms with E-state index in [-0.39, 0.29) is 5.92 Å². The molecule has 0 radical (unpaired) electrons. The molecule has 4 nitrogen and oxygen atoms in total. The predicted molar refractivity (Wildman–Crippen MR) is 218 cm³/mol. The molecule has 2 aliphatic heterocycles. The highest BCUT2D eigenvalue weighted by Gasteiger charge is 2.27. The van der Waals surface area contributed by atoms with Crippen molar-refractivity contribution in [3.05, 3.63) is 168 Å². The summed E-state index contributed by atoms with van der Waals surface area (Å²) in [6, 6.07) is 51.7. The maximum atomic E-state index is 5.69. The van der Waals surface area contributed by atoms with Gasteiger partial charge in [0.2, 0.25) is 0 Å². The first-order valence-electron chi connectivity index (χ1n) is 18.4. The molecule has 0 fully saturated rings. The third kappa shape index (κ3) is 5.86. The average molecular weight is 673 g/mol. The Labute approximate surface area is 304 Å². The summed E-state index contributed by atoms with van der Waals surface area (Å²) in [5.74, 6) is 0.281. The Kier molecular flexibility index (Phi) is 8.42. The molecule has 0 amide bonds. The Hall–Kier alpha value is -6.26. The number of fused-ring (bicyclic) bond motifs is 8. The van der Waals surface area contributed by atoms with Gasteiger partial charge < -0.3 is 9.97 Å². The number of hydrogen-bond acceptors (Lipinski definition) is 2. The van der Waals surface area contributed by atoms with Crippen molar-refractivity contribution in [2.75, 3.05) is 0 Å². The molecule has 0 saturated carbocycles. The van der Waals surface area contributed by atoms with Crippen molar-refractivity contribution in [2.45, 2.75) is 38.5 Å². The highest BCUT2D eigenvalue weighted by atomic mass is 14.8. The van der Waals surface area contributed by atoms with Gasteiger partial charge >= 0.3 is 0 Å². The van der Waals surface area contributed by atoms with Crippen LogP contribution in [0.25, 0.3) is 78.7 Å². The summed E-state index contributed by atoms with van der Waals surface area (Å²) >= 11 is 0. The molecule has 3 aromatic heterocycles. The highest BCUT2D eigenvalue weighted by molar-refractivity contribution is 5.97. The van der Waals surface area contributed by atoms with E-state index in [2.05, 4.69) is 175 Å². The summed E-state index contributed by atoms with van der Waals surface area (Å²) in [5.41, 5.74) is 17.3. The summed E-state index contributed by atoms with van der Waals surface area (Å²) in [6.07, 6.45) is 8.57. The molecule has 1 unspecified atom stereocenters. The molecule has 4 aromatic carbocycles. The second kappa shape index (κ2) is 13.8. The lowest BCUT2D eigenvalue weighted by molar-refractivity contribution is 0.597. The van der Waals surface area contributed by atoms with Crippen LogP contribution in [0, 0.1) is 0 Å². The molecule has 4 heteroatoms. The van der Waals surface area contributed by atoms with E-state index >= 15 is 0 Å². The molecular weight excluding hydrogens is 633 g/mol. The molecule has 7 aromatic rings. The molecule has 52 heavy (non-hydrogen) atoms. The van der Waals surface area contributed by atoms with E-state index < -0.39 is 0 Å². The van der Waals surface area contributed by atoms with Gasteiger partial charge in [-0.05, 0) is 71.5 Å². The molecular formula is C48H40N4. The molecule has 9 rings (SSSR count). The average Bonchev–Trinajstić information content (AvgIpc) is 4.03. The standard InChI is InChI=1S/C48H40N4/c1-2-3-16-36-31-43-46(34-21-12-6-13-22-34)41-28-27-39(50-41)44(32-17-8-4-9-18-32)37-25-26-38(49-37)45(33-19-10-5-11-20-33)40-29-30-42(51-40)47(48(36)52-43)35-23-14-7-15-24-35/h4-15,17-30,36,50-51H,2-3,16,31H2,1H3. The summed E-state index contributed by atoms with van der Waals surface area (Å²) in [7, 11) is 0. The van der Waals surface area contributed by atoms with Crippen LogP contribution in [0.2, 0.25) is 0 Å². The van der Waals surface area contributed by atoms with Crippen LogP contribution in [-0.4, -0.2) is 19.9 Å². The maximum Gasteiger partial charge on any atom is 0.0737 e. The Morgan fingerprint density at radius 1 is 0.481 bits per heavy atom. The lowest BCUT2D eigenvalue weighted by Crippen LogP contribution is -1.99. The van der Waals surface area contributed by atoms with E-state index in [4.69, 9.17) is 9.97 Å². The van der Waals surface area contributed by atoms with Crippen LogP contribution in [0.5, 0.6) is 0 Å². The molecule has 2 aliphatic rings. The Morgan fingerprint density at radius 3 is 1.35 bits per heavy atom. The minimum Gasteiger partial charge on any atom is -0.354 e. The van der Waals surface area contributed by atoms with E-state index in [0.29, 0.717) is 0 Å². The maximum absolute atomic E-state index is 5.69. The predicted octanol–water partition coefficient (Wildman–Crippen LogP) is 12.7. The fourth-order valence-corrected chi connectivity index (χ4v) is 7.95. The van der Waals surface area contributed by atoms with Crippen molar-refractivity contribution in [2.24, 2.45) is 0 Å². The number of aromatic amines is 2. The zero-order chi connectivity index (χ0) is 34.9. The van der Waals surface area contributed by atoms with E-state index in [1.165, 1.54) is 5.56 Å². The van der Waals surface area contributed by atoms with Gasteiger partial charge in [-0.2, -0.15) is 0 Å². The molecule has 0 aliphatic carbocycles. The number of rotatable bonds is 7. The molecule has 8 bridgehead atoms. The van der Waals surface area contributed by atoms with Gasteiger partial charge in [0.05, 0.1) is 22.8 Å². The fraction of sp³-hybridized carbons (Fsp3) is 0.125. The number of H-pyrrole nitrogens is 2. The third-order valence-electron chi connectivity index (χ3n) is 10.4. The first-order valence-corrected chi connectivity index (χ1v) is 18.4. The number of nitrogens with zero attached hydrogens (tertiary/aromatic N) is 2. The smallest absolute Gasteiger partial charge is 0.0737 e. The van der Waals surface area contributed by atoms with E-state index in [1.54, 1.807) is 0 Å². The molecule has 1 atom stereocenters. The topological polar surface area (TPSA) is 57.4 Å². The first kappa shape index (κ1) is 31.7. The molecule has 0 spiro atoms.